The number of nitrogens with zero attached hydrogens (tertiary/aromatic N) is 2. The number of aromatic nitrogens is 1. The number of sulfonamides is 1. The van der Waals surface area contributed by atoms with E-state index >= 15 is 0 Å². The second-order valence-corrected chi connectivity index (χ2v) is 10.2. The molecule has 1 aliphatic rings. The number of hydrogen-bond donors (Lipinski definition) is 0. The summed E-state index contributed by atoms with van der Waals surface area (Å²) in [6.45, 7) is 1.53. The zero-order chi connectivity index (χ0) is 19.1. The molecule has 2 aromatic rings. The van der Waals surface area contributed by atoms with Crippen molar-refractivity contribution >= 4 is 36.7 Å². The van der Waals surface area contributed by atoms with E-state index in [1.54, 1.807) is 24.4 Å². The zero-order valence-corrected chi connectivity index (χ0v) is 15.9. The Kier molecular flexibility index (Phi) is 4.76. The molecule has 3 rings (SSSR count). The van der Waals surface area contributed by atoms with E-state index in [1.165, 1.54) is 6.07 Å². The smallest absolute Gasteiger partial charge is 0.325 e. The van der Waals surface area contributed by atoms with E-state index in [0.717, 1.165) is 17.0 Å². The number of methoxy groups -OCH3 is 1. The van der Waals surface area contributed by atoms with Crippen LogP contribution in [0.1, 0.15) is 5.56 Å². The van der Waals surface area contributed by atoms with Gasteiger partial charge in [0.1, 0.15) is 10.9 Å². The summed E-state index contributed by atoms with van der Waals surface area (Å²) in [6, 6.07) is 5.12. The summed E-state index contributed by atoms with van der Waals surface area (Å²) in [7, 11) is -6.59. The van der Waals surface area contributed by atoms with Gasteiger partial charge in [-0.25, -0.2) is 16.8 Å². The molecule has 0 saturated carbocycles. The average molecular weight is 398 g/mol. The summed E-state index contributed by atoms with van der Waals surface area (Å²) in [6.07, 6.45) is 1.56. The highest BCUT2D eigenvalue weighted by molar-refractivity contribution is 7.92. The summed E-state index contributed by atoms with van der Waals surface area (Å²) >= 11 is 0. The van der Waals surface area contributed by atoms with Crippen LogP contribution in [-0.2, 0) is 29.4 Å². The predicted molar refractivity (Wildman–Crippen MR) is 94.8 cm³/mol. The fourth-order valence-electron chi connectivity index (χ4n) is 2.98. The lowest BCUT2D eigenvalue weighted by molar-refractivity contribution is -0.144. The van der Waals surface area contributed by atoms with E-state index in [0.29, 0.717) is 5.39 Å². The van der Waals surface area contributed by atoms with E-state index in [2.05, 4.69) is 9.72 Å². The first-order valence-corrected chi connectivity index (χ1v) is 11.1. The normalized spacial score (nSPS) is 20.8. The largest absolute Gasteiger partial charge is 0.468 e. The van der Waals surface area contributed by atoms with Crippen LogP contribution in [0.15, 0.2) is 35.4 Å². The molecule has 0 aliphatic carbocycles. The molecule has 1 fully saturated rings. The summed E-state index contributed by atoms with van der Waals surface area (Å²) in [5, 5.41) is 0.644. The predicted octanol–water partition coefficient (Wildman–Crippen LogP) is 0.504. The lowest BCUT2D eigenvalue weighted by Gasteiger charge is -2.32. The number of carbonyl (C=O) groups is 1. The topological polar surface area (TPSA) is 111 Å². The van der Waals surface area contributed by atoms with Crippen molar-refractivity contribution < 1.29 is 26.4 Å². The Hall–Kier alpha value is -2.04. The first kappa shape index (κ1) is 18.7. The van der Waals surface area contributed by atoms with Gasteiger partial charge in [0, 0.05) is 18.1 Å². The van der Waals surface area contributed by atoms with Gasteiger partial charge < -0.3 is 4.74 Å². The van der Waals surface area contributed by atoms with Crippen LogP contribution in [0, 0.1) is 6.92 Å². The number of ether oxygens (including phenoxy) is 1. The van der Waals surface area contributed by atoms with Crippen molar-refractivity contribution in [3.05, 3.63) is 36.0 Å². The number of benzene rings is 1. The van der Waals surface area contributed by atoms with Crippen molar-refractivity contribution in [3.8, 4) is 0 Å². The zero-order valence-electron chi connectivity index (χ0n) is 14.2. The third-order valence-corrected chi connectivity index (χ3v) is 7.82. The Morgan fingerprint density at radius 2 is 2.08 bits per heavy atom. The molecule has 0 radical (unpaired) electrons. The lowest BCUT2D eigenvalue weighted by atomic mass is 10.2. The second kappa shape index (κ2) is 6.60. The van der Waals surface area contributed by atoms with Crippen LogP contribution >= 0.6 is 0 Å². The van der Waals surface area contributed by atoms with Gasteiger partial charge in [0.15, 0.2) is 9.84 Å². The van der Waals surface area contributed by atoms with Crippen LogP contribution in [0.5, 0.6) is 0 Å². The molecule has 1 saturated heterocycles. The van der Waals surface area contributed by atoms with Crippen molar-refractivity contribution in [2.24, 2.45) is 0 Å². The Labute approximate surface area is 151 Å². The Morgan fingerprint density at radius 3 is 2.77 bits per heavy atom. The molecule has 1 aromatic heterocycles. The van der Waals surface area contributed by atoms with Crippen LogP contribution in [0.25, 0.3) is 10.9 Å². The minimum absolute atomic E-state index is 0.0665. The van der Waals surface area contributed by atoms with Gasteiger partial charge in [-0.3, -0.25) is 9.78 Å². The van der Waals surface area contributed by atoms with Gasteiger partial charge in [0.05, 0.1) is 24.1 Å². The number of para-hydroxylation sites is 1. The van der Waals surface area contributed by atoms with Crippen LogP contribution < -0.4 is 0 Å². The minimum atomic E-state index is -4.15. The first-order chi connectivity index (χ1) is 12.2. The van der Waals surface area contributed by atoms with Crippen LogP contribution in [0.3, 0.4) is 0 Å². The molecule has 1 aliphatic heterocycles. The SMILES string of the molecule is COC(=O)C1CS(=O)(=O)CCN1S(=O)(=O)c1cccc2cc(C)cnc12. The average Bonchev–Trinajstić information content (AvgIpc) is 2.59. The highest BCUT2D eigenvalue weighted by atomic mass is 32.2. The van der Waals surface area contributed by atoms with Crippen LogP contribution in [0.2, 0.25) is 0 Å². The molecule has 140 valence electrons. The summed E-state index contributed by atoms with van der Waals surface area (Å²) in [5.41, 5.74) is 1.15. The van der Waals surface area contributed by atoms with Crippen molar-refractivity contribution in [2.75, 3.05) is 25.2 Å². The molecule has 0 bridgehead atoms. The van der Waals surface area contributed by atoms with Crippen molar-refractivity contribution in [3.63, 3.8) is 0 Å². The number of carbonyl (C=O) groups excluding carboxylic acids is 1. The van der Waals surface area contributed by atoms with Gasteiger partial charge in [0.2, 0.25) is 10.0 Å². The molecule has 2 heterocycles. The Balaban J connectivity index is 2.14. The highest BCUT2D eigenvalue weighted by Gasteiger charge is 2.44. The maximum absolute atomic E-state index is 13.2. The van der Waals surface area contributed by atoms with E-state index in [1.807, 2.05) is 6.92 Å². The summed E-state index contributed by atoms with van der Waals surface area (Å²) in [4.78, 5) is 16.2. The van der Waals surface area contributed by atoms with Gasteiger partial charge in [-0.05, 0) is 24.6 Å². The van der Waals surface area contributed by atoms with Gasteiger partial charge in [-0.2, -0.15) is 4.31 Å². The van der Waals surface area contributed by atoms with Crippen LogP contribution in [0.4, 0.5) is 0 Å². The van der Waals surface area contributed by atoms with Gasteiger partial charge in [-0.1, -0.05) is 12.1 Å². The fraction of sp³-hybridized carbons (Fsp3) is 0.375. The molecule has 0 N–H and O–H groups in total. The molecule has 0 amide bonds. The molecular formula is C16H18N2O6S2. The number of sulfone groups is 1. The number of aryl methyl sites for hydroxylation is 1. The van der Waals surface area contributed by atoms with Gasteiger partial charge >= 0.3 is 5.97 Å². The third kappa shape index (κ3) is 3.31. The van der Waals surface area contributed by atoms with Gasteiger partial charge in [0.25, 0.3) is 0 Å². The maximum Gasteiger partial charge on any atom is 0.325 e. The number of pyridine rings is 1. The monoisotopic (exact) mass is 398 g/mol. The second-order valence-electron chi connectivity index (χ2n) is 6.11. The summed E-state index contributed by atoms with van der Waals surface area (Å²) in [5.74, 6) is -1.85. The number of fused-ring (bicyclic) bond motifs is 1. The van der Waals surface area contributed by atoms with Crippen molar-refractivity contribution in [1.82, 2.24) is 9.29 Å². The maximum atomic E-state index is 13.2. The molecular weight excluding hydrogens is 380 g/mol. The molecule has 1 unspecified atom stereocenters. The van der Waals surface area contributed by atoms with Crippen molar-refractivity contribution in [1.29, 1.82) is 0 Å². The highest BCUT2D eigenvalue weighted by Crippen LogP contribution is 2.28. The molecule has 1 atom stereocenters. The number of esters is 1. The molecule has 10 heteroatoms. The third-order valence-electron chi connectivity index (χ3n) is 4.25. The van der Waals surface area contributed by atoms with E-state index in [9.17, 15) is 21.6 Å². The number of rotatable bonds is 3. The fourth-order valence-corrected chi connectivity index (χ4v) is 6.37. The quantitative estimate of drug-likeness (QED) is 0.693. The number of hydrogen-bond acceptors (Lipinski definition) is 7. The summed E-state index contributed by atoms with van der Waals surface area (Å²) < 4.78 is 55.7. The first-order valence-electron chi connectivity index (χ1n) is 7.81. The molecule has 1 aromatic carbocycles. The standard InChI is InChI=1S/C16H18N2O6S2/c1-11-8-12-4-3-5-14(15(12)17-9-11)26(22,23)18-6-7-25(20,21)10-13(18)16(19)24-2/h3-5,8-9,13H,6-7,10H2,1-2H3. The molecule has 8 nitrogen and oxygen atoms in total. The van der Waals surface area contributed by atoms with Crippen LogP contribution in [-0.4, -0.2) is 63.3 Å². The Bertz CT molecular complexity index is 1080. The Morgan fingerprint density at radius 1 is 1.35 bits per heavy atom. The van der Waals surface area contributed by atoms with Crippen molar-refractivity contribution in [2.45, 2.75) is 17.9 Å². The molecule has 26 heavy (non-hydrogen) atoms. The van der Waals surface area contributed by atoms with Gasteiger partial charge in [-0.15, -0.1) is 0 Å². The van der Waals surface area contributed by atoms with E-state index in [-0.39, 0.29) is 22.7 Å². The molecule has 0 spiro atoms. The lowest BCUT2D eigenvalue weighted by Crippen LogP contribution is -2.55. The minimum Gasteiger partial charge on any atom is -0.468 e. The van der Waals surface area contributed by atoms with E-state index in [4.69, 9.17) is 0 Å². The van der Waals surface area contributed by atoms with E-state index < -0.39 is 37.6 Å².